The first-order valence-corrected chi connectivity index (χ1v) is 6.85. The molecule has 0 saturated carbocycles. The van der Waals surface area contributed by atoms with E-state index in [1.165, 1.54) is 12.0 Å². The minimum atomic E-state index is -0.643. The van der Waals surface area contributed by atoms with E-state index in [1.54, 1.807) is 6.08 Å². The number of rotatable bonds is 4. The molecule has 0 aliphatic carbocycles. The molecule has 1 amide bonds. The molecule has 0 unspecified atom stereocenters. The fourth-order valence-electron chi connectivity index (χ4n) is 2.49. The van der Waals surface area contributed by atoms with E-state index in [0.29, 0.717) is 13.0 Å². The quantitative estimate of drug-likeness (QED) is 0.631. The molecule has 0 radical (unpaired) electrons. The summed E-state index contributed by atoms with van der Waals surface area (Å²) < 4.78 is 10.0. The standard InChI is InChI=1S/C16H19NO4/c1-3-13-9-10-17(14(13)15(18)20-2)16(19)21-11-12-7-5-4-6-8-12/h3-8,13-14H,1,9-11H2,2H3/t13-,14-/m1/s1. The molecule has 0 spiro atoms. The molecule has 2 atom stereocenters. The first kappa shape index (κ1) is 15.1. The Hall–Kier alpha value is -2.30. The highest BCUT2D eigenvalue weighted by molar-refractivity contribution is 5.82. The minimum Gasteiger partial charge on any atom is -0.467 e. The van der Waals surface area contributed by atoms with Gasteiger partial charge in [-0.25, -0.2) is 9.59 Å². The van der Waals surface area contributed by atoms with Crippen molar-refractivity contribution >= 4 is 12.1 Å². The molecule has 1 aliphatic rings. The zero-order valence-electron chi connectivity index (χ0n) is 12.0. The lowest BCUT2D eigenvalue weighted by Crippen LogP contribution is -2.43. The summed E-state index contributed by atoms with van der Waals surface area (Å²) in [5, 5.41) is 0. The van der Waals surface area contributed by atoms with E-state index < -0.39 is 18.1 Å². The molecule has 21 heavy (non-hydrogen) atoms. The van der Waals surface area contributed by atoms with Gasteiger partial charge in [0.25, 0.3) is 0 Å². The van der Waals surface area contributed by atoms with Crippen LogP contribution in [0.4, 0.5) is 4.79 Å². The minimum absolute atomic E-state index is 0.0956. The van der Waals surface area contributed by atoms with Crippen LogP contribution in [0, 0.1) is 5.92 Å². The Morgan fingerprint density at radius 1 is 1.38 bits per heavy atom. The van der Waals surface area contributed by atoms with Crippen molar-refractivity contribution in [3.8, 4) is 0 Å². The molecule has 1 fully saturated rings. The van der Waals surface area contributed by atoms with Gasteiger partial charge in [0.2, 0.25) is 0 Å². The number of hydrogen-bond acceptors (Lipinski definition) is 4. The summed E-state index contributed by atoms with van der Waals surface area (Å²) in [4.78, 5) is 25.4. The van der Waals surface area contributed by atoms with Gasteiger partial charge >= 0.3 is 12.1 Å². The van der Waals surface area contributed by atoms with Crippen LogP contribution in [0.15, 0.2) is 43.0 Å². The molecule has 112 valence electrons. The largest absolute Gasteiger partial charge is 0.467 e. The normalized spacial score (nSPS) is 20.9. The average molecular weight is 289 g/mol. The molecule has 0 aromatic heterocycles. The van der Waals surface area contributed by atoms with E-state index in [2.05, 4.69) is 6.58 Å². The van der Waals surface area contributed by atoms with Crippen molar-refractivity contribution < 1.29 is 19.1 Å². The van der Waals surface area contributed by atoms with E-state index in [-0.39, 0.29) is 12.5 Å². The monoisotopic (exact) mass is 289 g/mol. The van der Waals surface area contributed by atoms with Crippen molar-refractivity contribution in [2.75, 3.05) is 13.7 Å². The van der Waals surface area contributed by atoms with Crippen molar-refractivity contribution in [1.29, 1.82) is 0 Å². The maximum atomic E-state index is 12.2. The average Bonchev–Trinajstić information content (AvgIpc) is 2.96. The van der Waals surface area contributed by atoms with Gasteiger partial charge < -0.3 is 9.47 Å². The lowest BCUT2D eigenvalue weighted by Gasteiger charge is -2.24. The highest BCUT2D eigenvalue weighted by Gasteiger charge is 2.42. The van der Waals surface area contributed by atoms with Gasteiger partial charge in [0.15, 0.2) is 0 Å². The zero-order valence-corrected chi connectivity index (χ0v) is 12.0. The zero-order chi connectivity index (χ0) is 15.2. The number of hydrogen-bond donors (Lipinski definition) is 0. The second-order valence-corrected chi connectivity index (χ2v) is 4.89. The maximum Gasteiger partial charge on any atom is 0.410 e. The lowest BCUT2D eigenvalue weighted by atomic mass is 10.0. The number of likely N-dealkylation sites (tertiary alicyclic amines) is 1. The second kappa shape index (κ2) is 6.92. The summed E-state index contributed by atoms with van der Waals surface area (Å²) >= 11 is 0. The molecular formula is C16H19NO4. The predicted molar refractivity (Wildman–Crippen MR) is 77.4 cm³/mol. The van der Waals surface area contributed by atoms with Crippen molar-refractivity contribution in [1.82, 2.24) is 4.90 Å². The Labute approximate surface area is 124 Å². The summed E-state index contributed by atoms with van der Waals surface area (Å²) in [6, 6.07) is 8.76. The Morgan fingerprint density at radius 2 is 2.10 bits per heavy atom. The van der Waals surface area contributed by atoms with Gasteiger partial charge in [0, 0.05) is 12.5 Å². The van der Waals surface area contributed by atoms with Crippen LogP contribution in [0.1, 0.15) is 12.0 Å². The highest BCUT2D eigenvalue weighted by Crippen LogP contribution is 2.27. The van der Waals surface area contributed by atoms with Crippen LogP contribution in [0.25, 0.3) is 0 Å². The lowest BCUT2D eigenvalue weighted by molar-refractivity contribution is -0.146. The van der Waals surface area contributed by atoms with Gasteiger partial charge in [0.05, 0.1) is 7.11 Å². The van der Waals surface area contributed by atoms with Crippen molar-refractivity contribution in [3.63, 3.8) is 0 Å². The highest BCUT2D eigenvalue weighted by atomic mass is 16.6. The third kappa shape index (κ3) is 3.42. The van der Waals surface area contributed by atoms with Crippen LogP contribution in [0.3, 0.4) is 0 Å². The molecule has 5 nitrogen and oxygen atoms in total. The molecular weight excluding hydrogens is 270 g/mol. The van der Waals surface area contributed by atoms with Crippen LogP contribution >= 0.6 is 0 Å². The molecule has 0 bridgehead atoms. The number of carbonyl (C=O) groups is 2. The van der Waals surface area contributed by atoms with Crippen LogP contribution in [-0.2, 0) is 20.9 Å². The Morgan fingerprint density at radius 3 is 2.71 bits per heavy atom. The van der Waals surface area contributed by atoms with E-state index in [0.717, 1.165) is 5.56 Å². The molecule has 5 heteroatoms. The number of benzene rings is 1. The second-order valence-electron chi connectivity index (χ2n) is 4.89. The fourth-order valence-corrected chi connectivity index (χ4v) is 2.49. The Kier molecular flexibility index (Phi) is 4.98. The molecule has 1 aromatic carbocycles. The summed E-state index contributed by atoms with van der Waals surface area (Å²) in [5.41, 5.74) is 0.903. The first-order chi connectivity index (χ1) is 10.2. The summed E-state index contributed by atoms with van der Waals surface area (Å²) in [6.07, 6.45) is 1.87. The van der Waals surface area contributed by atoms with Crippen LogP contribution in [0.2, 0.25) is 0 Å². The molecule has 1 aliphatic heterocycles. The number of amides is 1. The third-order valence-electron chi connectivity index (χ3n) is 3.63. The van der Waals surface area contributed by atoms with Gasteiger partial charge in [-0.1, -0.05) is 36.4 Å². The maximum absolute atomic E-state index is 12.2. The third-order valence-corrected chi connectivity index (χ3v) is 3.63. The van der Waals surface area contributed by atoms with E-state index in [1.807, 2.05) is 30.3 Å². The number of esters is 1. The number of ether oxygens (including phenoxy) is 2. The van der Waals surface area contributed by atoms with Gasteiger partial charge in [-0.15, -0.1) is 6.58 Å². The molecule has 1 heterocycles. The van der Waals surface area contributed by atoms with Crippen LogP contribution < -0.4 is 0 Å². The van der Waals surface area contributed by atoms with Crippen LogP contribution in [0.5, 0.6) is 0 Å². The number of nitrogens with zero attached hydrogens (tertiary/aromatic N) is 1. The van der Waals surface area contributed by atoms with Crippen molar-refractivity contribution in [2.24, 2.45) is 5.92 Å². The molecule has 2 rings (SSSR count). The van der Waals surface area contributed by atoms with E-state index >= 15 is 0 Å². The van der Waals surface area contributed by atoms with Crippen LogP contribution in [-0.4, -0.2) is 36.7 Å². The van der Waals surface area contributed by atoms with Gasteiger partial charge in [-0.2, -0.15) is 0 Å². The SMILES string of the molecule is C=C[C@@H]1CCN(C(=O)OCc2ccccc2)[C@H]1C(=O)OC. The summed E-state index contributed by atoms with van der Waals surface area (Å²) in [6.45, 7) is 4.36. The topological polar surface area (TPSA) is 55.8 Å². The van der Waals surface area contributed by atoms with E-state index in [9.17, 15) is 9.59 Å². The predicted octanol–water partition coefficient (Wildman–Crippen LogP) is 2.37. The van der Waals surface area contributed by atoms with Crippen molar-refractivity contribution in [2.45, 2.75) is 19.1 Å². The van der Waals surface area contributed by atoms with E-state index in [4.69, 9.17) is 9.47 Å². The first-order valence-electron chi connectivity index (χ1n) is 6.85. The van der Waals surface area contributed by atoms with Gasteiger partial charge in [-0.05, 0) is 12.0 Å². The smallest absolute Gasteiger partial charge is 0.410 e. The molecule has 0 N–H and O–H groups in total. The molecule has 1 aromatic rings. The number of methoxy groups -OCH3 is 1. The Balaban J connectivity index is 2.00. The Bertz CT molecular complexity index is 514. The molecule has 1 saturated heterocycles. The summed E-state index contributed by atoms with van der Waals surface area (Å²) in [5.74, 6) is -0.532. The fraction of sp³-hybridized carbons (Fsp3) is 0.375. The van der Waals surface area contributed by atoms with Gasteiger partial charge in [-0.3, -0.25) is 4.90 Å². The summed E-state index contributed by atoms with van der Waals surface area (Å²) in [7, 11) is 1.31. The number of carbonyl (C=O) groups excluding carboxylic acids is 2. The van der Waals surface area contributed by atoms with Crippen molar-refractivity contribution in [3.05, 3.63) is 48.6 Å². The van der Waals surface area contributed by atoms with Gasteiger partial charge in [0.1, 0.15) is 12.6 Å².